The second kappa shape index (κ2) is 8.89. The van der Waals surface area contributed by atoms with E-state index in [-0.39, 0.29) is 5.69 Å². The highest BCUT2D eigenvalue weighted by molar-refractivity contribution is 7.98. The first kappa shape index (κ1) is 21.5. The Morgan fingerprint density at radius 1 is 1.06 bits per heavy atom. The van der Waals surface area contributed by atoms with Crippen LogP contribution in [0.5, 0.6) is 0 Å². The van der Waals surface area contributed by atoms with Crippen molar-refractivity contribution in [2.45, 2.75) is 10.6 Å². The van der Waals surface area contributed by atoms with Gasteiger partial charge in [-0.2, -0.15) is 10.4 Å². The fourth-order valence-electron chi connectivity index (χ4n) is 3.96. The number of benzene rings is 3. The quantitative estimate of drug-likeness (QED) is 0.251. The highest BCUT2D eigenvalue weighted by Gasteiger charge is 2.35. The van der Waals surface area contributed by atoms with E-state index in [4.69, 9.17) is 5.73 Å². The van der Waals surface area contributed by atoms with Crippen molar-refractivity contribution in [3.63, 3.8) is 0 Å². The smallest absolute Gasteiger partial charge is 0.249 e. The SMILES string of the molecule is N#CC(C(=O)Nc1cccc(N)c1)C(=O)c1nn(-c2ccccc2)c2c1CSc1ccccc1-2. The van der Waals surface area contributed by atoms with Crippen LogP contribution in [0.25, 0.3) is 16.9 Å². The molecule has 1 aliphatic heterocycles. The highest BCUT2D eigenvalue weighted by Crippen LogP contribution is 2.44. The monoisotopic (exact) mass is 465 g/mol. The van der Waals surface area contributed by atoms with Gasteiger partial charge in [0.25, 0.3) is 0 Å². The van der Waals surface area contributed by atoms with E-state index in [1.54, 1.807) is 40.7 Å². The van der Waals surface area contributed by atoms with Crippen LogP contribution in [0, 0.1) is 17.2 Å². The average molecular weight is 466 g/mol. The number of nitrogen functional groups attached to an aromatic ring is 1. The summed E-state index contributed by atoms with van der Waals surface area (Å²) in [6, 6.07) is 25.9. The maximum absolute atomic E-state index is 13.5. The van der Waals surface area contributed by atoms with E-state index in [1.807, 2.05) is 60.7 Å². The Morgan fingerprint density at radius 3 is 2.59 bits per heavy atom. The second-order valence-corrected chi connectivity index (χ2v) is 8.77. The van der Waals surface area contributed by atoms with Gasteiger partial charge in [-0.1, -0.05) is 42.5 Å². The number of nitrogens with one attached hydrogen (secondary N) is 1. The second-order valence-electron chi connectivity index (χ2n) is 7.75. The number of aromatic nitrogens is 2. The van der Waals surface area contributed by atoms with Crippen LogP contribution in [0.4, 0.5) is 11.4 Å². The van der Waals surface area contributed by atoms with Gasteiger partial charge in [-0.25, -0.2) is 4.68 Å². The number of para-hydroxylation sites is 1. The third-order valence-electron chi connectivity index (χ3n) is 5.54. The molecule has 5 rings (SSSR count). The van der Waals surface area contributed by atoms with E-state index in [1.165, 1.54) is 0 Å². The zero-order valence-electron chi connectivity index (χ0n) is 17.9. The number of carbonyl (C=O) groups excluding carboxylic acids is 2. The molecule has 0 radical (unpaired) electrons. The lowest BCUT2D eigenvalue weighted by Gasteiger charge is -2.18. The maximum Gasteiger partial charge on any atom is 0.249 e. The molecule has 0 saturated heterocycles. The van der Waals surface area contributed by atoms with Crippen molar-refractivity contribution in [3.05, 3.63) is 90.1 Å². The number of amides is 1. The summed E-state index contributed by atoms with van der Waals surface area (Å²) < 4.78 is 1.73. The molecule has 1 atom stereocenters. The minimum Gasteiger partial charge on any atom is -0.399 e. The number of nitrogens with zero attached hydrogens (tertiary/aromatic N) is 3. The van der Waals surface area contributed by atoms with Crippen molar-refractivity contribution in [1.29, 1.82) is 5.26 Å². The molecule has 7 nitrogen and oxygen atoms in total. The predicted molar refractivity (Wildman–Crippen MR) is 131 cm³/mol. The Kier molecular flexibility index (Phi) is 5.62. The predicted octanol–water partition coefficient (Wildman–Crippen LogP) is 4.69. The number of rotatable bonds is 5. The minimum atomic E-state index is -1.55. The van der Waals surface area contributed by atoms with Gasteiger partial charge in [-0.15, -0.1) is 11.8 Å². The molecule has 34 heavy (non-hydrogen) atoms. The lowest BCUT2D eigenvalue weighted by Crippen LogP contribution is -2.29. The number of hydrogen-bond donors (Lipinski definition) is 2. The van der Waals surface area contributed by atoms with Crippen molar-refractivity contribution in [1.82, 2.24) is 9.78 Å². The van der Waals surface area contributed by atoms with Crippen molar-refractivity contribution < 1.29 is 9.59 Å². The Hall–Kier alpha value is -4.35. The molecule has 4 aromatic rings. The third kappa shape index (κ3) is 3.83. The van der Waals surface area contributed by atoms with Crippen molar-refractivity contribution >= 4 is 34.8 Å². The van der Waals surface area contributed by atoms with E-state index in [2.05, 4.69) is 10.4 Å². The fourth-order valence-corrected chi connectivity index (χ4v) is 5.03. The Bertz CT molecular complexity index is 1460. The van der Waals surface area contributed by atoms with Crippen molar-refractivity contribution in [2.24, 2.45) is 5.92 Å². The van der Waals surface area contributed by atoms with Crippen molar-refractivity contribution in [3.8, 4) is 23.0 Å². The van der Waals surface area contributed by atoms with Crippen molar-refractivity contribution in [2.75, 3.05) is 11.1 Å². The van der Waals surface area contributed by atoms with Crippen LogP contribution in [0.1, 0.15) is 16.1 Å². The number of Topliss-reactive ketones (excluding diaryl/α,β-unsaturated/α-hetero) is 1. The van der Waals surface area contributed by atoms with E-state index in [9.17, 15) is 14.9 Å². The number of carbonyl (C=O) groups is 2. The largest absolute Gasteiger partial charge is 0.399 e. The molecule has 0 spiro atoms. The topological polar surface area (TPSA) is 114 Å². The standard InChI is InChI=1S/C26H19N5O2S/c27-14-20(26(33)29-17-8-6-7-16(28)13-17)25(32)23-21-15-34-22-12-5-4-11-19(22)24(21)31(30-23)18-9-2-1-3-10-18/h1-13,20H,15,28H2,(H,29,33). The summed E-state index contributed by atoms with van der Waals surface area (Å²) in [5.74, 6) is -2.39. The summed E-state index contributed by atoms with van der Waals surface area (Å²) in [7, 11) is 0. The summed E-state index contributed by atoms with van der Waals surface area (Å²) >= 11 is 1.60. The first-order valence-corrected chi connectivity index (χ1v) is 11.5. The third-order valence-corrected chi connectivity index (χ3v) is 6.64. The molecular formula is C26H19N5O2S. The first-order chi connectivity index (χ1) is 16.6. The van der Waals surface area contributed by atoms with Gasteiger partial charge in [0.2, 0.25) is 11.7 Å². The van der Waals surface area contributed by atoms with E-state index in [0.29, 0.717) is 17.1 Å². The summed E-state index contributed by atoms with van der Waals surface area (Å²) in [4.78, 5) is 27.5. The van der Waals surface area contributed by atoms with Gasteiger partial charge in [0.1, 0.15) is 5.69 Å². The molecule has 0 bridgehead atoms. The summed E-state index contributed by atoms with van der Waals surface area (Å²) in [6.45, 7) is 0. The summed E-state index contributed by atoms with van der Waals surface area (Å²) in [5, 5.41) is 17.0. The van der Waals surface area contributed by atoms with Gasteiger partial charge in [-0.05, 0) is 36.4 Å². The Morgan fingerprint density at radius 2 is 1.82 bits per heavy atom. The van der Waals surface area contributed by atoms with Crippen LogP contribution < -0.4 is 11.1 Å². The van der Waals surface area contributed by atoms with Gasteiger partial charge in [-0.3, -0.25) is 9.59 Å². The molecular weight excluding hydrogens is 446 g/mol. The van der Waals surface area contributed by atoms with E-state index in [0.717, 1.165) is 27.4 Å². The number of nitrogens with two attached hydrogens (primary N) is 1. The van der Waals surface area contributed by atoms with Gasteiger partial charge >= 0.3 is 0 Å². The van der Waals surface area contributed by atoms with Crippen LogP contribution in [0.2, 0.25) is 0 Å². The summed E-state index contributed by atoms with van der Waals surface area (Å²) in [5.41, 5.74) is 10.1. The average Bonchev–Trinajstić information content (AvgIpc) is 3.25. The minimum absolute atomic E-state index is 0.134. The van der Waals surface area contributed by atoms with E-state index >= 15 is 0 Å². The Labute approximate surface area is 200 Å². The van der Waals surface area contributed by atoms with Crippen LogP contribution in [-0.2, 0) is 10.5 Å². The van der Waals surface area contributed by atoms with Gasteiger partial charge in [0, 0.05) is 33.2 Å². The number of thioether (sulfide) groups is 1. The zero-order chi connectivity index (χ0) is 23.7. The zero-order valence-corrected chi connectivity index (χ0v) is 18.8. The van der Waals surface area contributed by atoms with Crippen LogP contribution in [0.3, 0.4) is 0 Å². The first-order valence-electron chi connectivity index (χ1n) is 10.6. The molecule has 0 aliphatic carbocycles. The number of fused-ring (bicyclic) bond motifs is 3. The molecule has 0 fully saturated rings. The highest BCUT2D eigenvalue weighted by atomic mass is 32.2. The van der Waals surface area contributed by atoms with Crippen LogP contribution in [-0.4, -0.2) is 21.5 Å². The fraction of sp³-hybridized carbons (Fsp3) is 0.0769. The number of anilines is 2. The van der Waals surface area contributed by atoms with Crippen LogP contribution in [0.15, 0.2) is 83.8 Å². The molecule has 2 heterocycles. The lowest BCUT2D eigenvalue weighted by atomic mass is 9.97. The molecule has 1 aliphatic rings. The van der Waals surface area contributed by atoms with Gasteiger partial charge in [0.05, 0.1) is 17.5 Å². The molecule has 1 aromatic heterocycles. The molecule has 0 saturated carbocycles. The van der Waals surface area contributed by atoms with Crippen LogP contribution >= 0.6 is 11.8 Å². The molecule has 8 heteroatoms. The lowest BCUT2D eigenvalue weighted by molar-refractivity contribution is -0.117. The number of ketones is 1. The van der Waals surface area contributed by atoms with Gasteiger partial charge in [0.15, 0.2) is 5.92 Å². The number of hydrogen-bond acceptors (Lipinski definition) is 6. The molecule has 1 unspecified atom stereocenters. The number of nitriles is 1. The Balaban J connectivity index is 1.57. The van der Waals surface area contributed by atoms with E-state index < -0.39 is 17.6 Å². The molecule has 3 N–H and O–H groups in total. The normalized spacial score (nSPS) is 12.7. The molecule has 1 amide bonds. The maximum atomic E-state index is 13.5. The summed E-state index contributed by atoms with van der Waals surface area (Å²) in [6.07, 6.45) is 0. The molecule has 3 aromatic carbocycles. The molecule has 166 valence electrons. The van der Waals surface area contributed by atoms with Gasteiger partial charge < -0.3 is 11.1 Å².